The number of carbonyl (C=O) groups excluding carboxylic acids is 1. The van der Waals surface area contributed by atoms with Gasteiger partial charge in [-0.3, -0.25) is 9.59 Å². The van der Waals surface area contributed by atoms with Gasteiger partial charge in [0.15, 0.2) is 0 Å². The van der Waals surface area contributed by atoms with E-state index in [9.17, 15) is 14.7 Å². The van der Waals surface area contributed by atoms with Crippen molar-refractivity contribution in [3.05, 3.63) is 35.4 Å². The Morgan fingerprint density at radius 2 is 2.14 bits per heavy atom. The molecule has 3 unspecified atom stereocenters. The molecule has 1 saturated carbocycles. The molecule has 0 aliphatic heterocycles. The Balaban J connectivity index is 2.05. The number of aliphatic carboxylic acids is 1. The highest BCUT2D eigenvalue weighted by Crippen LogP contribution is 2.45. The van der Waals surface area contributed by atoms with Crippen molar-refractivity contribution >= 4 is 11.8 Å². The molecule has 4 nitrogen and oxygen atoms in total. The zero-order valence-electron chi connectivity index (χ0n) is 12.8. The van der Waals surface area contributed by atoms with Crippen LogP contribution in [0.25, 0.3) is 0 Å². The van der Waals surface area contributed by atoms with Crippen molar-refractivity contribution < 1.29 is 14.7 Å². The molecule has 22 heavy (non-hydrogen) atoms. The Labute approximate surface area is 130 Å². The van der Waals surface area contributed by atoms with E-state index in [0.717, 1.165) is 17.5 Å². The van der Waals surface area contributed by atoms with Gasteiger partial charge in [-0.05, 0) is 43.6 Å². The maximum Gasteiger partial charge on any atom is 0.307 e. The fourth-order valence-electron chi connectivity index (χ4n) is 3.46. The van der Waals surface area contributed by atoms with Gasteiger partial charge in [-0.1, -0.05) is 29.8 Å². The van der Waals surface area contributed by atoms with Crippen molar-refractivity contribution in [1.29, 1.82) is 5.26 Å². The van der Waals surface area contributed by atoms with Crippen LogP contribution in [0.1, 0.15) is 49.1 Å². The molecule has 1 aromatic carbocycles. The molecule has 0 spiro atoms. The Kier molecular flexibility index (Phi) is 5.32. The minimum absolute atomic E-state index is 0.0217. The summed E-state index contributed by atoms with van der Waals surface area (Å²) >= 11 is 0. The second-order valence-electron chi connectivity index (χ2n) is 6.22. The van der Waals surface area contributed by atoms with Crippen LogP contribution in [0.4, 0.5) is 0 Å². The highest BCUT2D eigenvalue weighted by atomic mass is 16.4. The zero-order chi connectivity index (χ0) is 16.1. The Hall–Kier alpha value is -2.15. The van der Waals surface area contributed by atoms with E-state index in [1.807, 2.05) is 31.2 Å². The number of nitrogens with zero attached hydrogens (tertiary/aromatic N) is 1. The lowest BCUT2D eigenvalue weighted by molar-refractivity contribution is -0.142. The van der Waals surface area contributed by atoms with E-state index in [0.29, 0.717) is 19.3 Å². The highest BCUT2D eigenvalue weighted by Gasteiger charge is 2.39. The number of carboxylic acids is 1. The van der Waals surface area contributed by atoms with Gasteiger partial charge >= 0.3 is 5.97 Å². The molecule has 1 fully saturated rings. The van der Waals surface area contributed by atoms with Gasteiger partial charge in [0, 0.05) is 6.42 Å². The van der Waals surface area contributed by atoms with Crippen LogP contribution in [0.5, 0.6) is 0 Å². The van der Waals surface area contributed by atoms with E-state index in [4.69, 9.17) is 5.26 Å². The van der Waals surface area contributed by atoms with Gasteiger partial charge in [-0.2, -0.15) is 5.26 Å². The maximum atomic E-state index is 11.5. The van der Waals surface area contributed by atoms with E-state index >= 15 is 0 Å². The Bertz CT molecular complexity index is 603. The molecular weight excluding hydrogens is 278 g/mol. The molecule has 2 rings (SSSR count). The maximum absolute atomic E-state index is 11.5. The summed E-state index contributed by atoms with van der Waals surface area (Å²) in [5, 5.41) is 18.0. The minimum atomic E-state index is -0.752. The topological polar surface area (TPSA) is 78.2 Å². The molecule has 3 atom stereocenters. The number of nitriles is 1. The summed E-state index contributed by atoms with van der Waals surface area (Å²) in [5.74, 6) is -0.911. The van der Waals surface area contributed by atoms with Crippen molar-refractivity contribution in [2.24, 2.45) is 11.8 Å². The average Bonchev–Trinajstić information content (AvgIpc) is 2.90. The predicted octanol–water partition coefficient (Wildman–Crippen LogP) is 3.45. The number of carbonyl (C=O) groups is 2. The lowest BCUT2D eigenvalue weighted by Crippen LogP contribution is -2.16. The number of hydrogen-bond donors (Lipinski definition) is 1. The van der Waals surface area contributed by atoms with Crippen molar-refractivity contribution in [1.82, 2.24) is 0 Å². The van der Waals surface area contributed by atoms with Crippen LogP contribution in [0.15, 0.2) is 24.3 Å². The number of aryl methyl sites for hydroxylation is 1. The molecule has 4 heteroatoms. The lowest BCUT2D eigenvalue weighted by Gasteiger charge is -2.16. The number of carboxylic acid groups (broad SMARTS) is 1. The molecule has 0 amide bonds. The van der Waals surface area contributed by atoms with Gasteiger partial charge in [0.1, 0.15) is 5.78 Å². The van der Waals surface area contributed by atoms with Gasteiger partial charge in [0.25, 0.3) is 0 Å². The third kappa shape index (κ3) is 3.94. The summed E-state index contributed by atoms with van der Waals surface area (Å²) in [7, 11) is 0. The first-order chi connectivity index (χ1) is 10.5. The second-order valence-corrected chi connectivity index (χ2v) is 6.22. The first-order valence-corrected chi connectivity index (χ1v) is 7.69. The number of Topliss-reactive ketones (excluding diaryl/α,β-unsaturated/α-hetero) is 1. The molecule has 116 valence electrons. The molecular formula is C18H21NO3. The van der Waals surface area contributed by atoms with E-state index in [1.165, 1.54) is 0 Å². The third-order valence-corrected chi connectivity index (χ3v) is 4.56. The van der Waals surface area contributed by atoms with E-state index in [1.54, 1.807) is 0 Å². The summed E-state index contributed by atoms with van der Waals surface area (Å²) in [4.78, 5) is 23.0. The third-order valence-electron chi connectivity index (χ3n) is 4.56. The van der Waals surface area contributed by atoms with Crippen LogP contribution < -0.4 is 0 Å². The van der Waals surface area contributed by atoms with Crippen LogP contribution in [0.3, 0.4) is 0 Å². The number of benzene rings is 1. The number of hydrogen-bond acceptors (Lipinski definition) is 3. The predicted molar refractivity (Wildman–Crippen MR) is 82.2 cm³/mol. The summed E-state index contributed by atoms with van der Waals surface area (Å²) < 4.78 is 0. The van der Waals surface area contributed by atoms with Gasteiger partial charge in [-0.15, -0.1) is 0 Å². The smallest absolute Gasteiger partial charge is 0.307 e. The number of rotatable bonds is 6. The van der Waals surface area contributed by atoms with E-state index in [-0.39, 0.29) is 30.0 Å². The van der Waals surface area contributed by atoms with Crippen molar-refractivity contribution in [3.63, 3.8) is 0 Å². The summed E-state index contributed by atoms with van der Waals surface area (Å²) in [6.45, 7) is 2.01. The van der Waals surface area contributed by atoms with Crippen molar-refractivity contribution in [3.8, 4) is 6.07 Å². The first-order valence-electron chi connectivity index (χ1n) is 7.69. The fraction of sp³-hybridized carbons (Fsp3) is 0.500. The molecule has 0 heterocycles. The minimum Gasteiger partial charge on any atom is -0.481 e. The van der Waals surface area contributed by atoms with E-state index in [2.05, 4.69) is 6.07 Å². The van der Waals surface area contributed by atoms with E-state index < -0.39 is 5.97 Å². The van der Waals surface area contributed by atoms with Gasteiger partial charge in [0.2, 0.25) is 0 Å². The van der Waals surface area contributed by atoms with Crippen molar-refractivity contribution in [2.45, 2.75) is 44.9 Å². The normalized spacial score (nSPS) is 23.9. The molecule has 1 aliphatic carbocycles. The molecule has 0 saturated heterocycles. The largest absolute Gasteiger partial charge is 0.481 e. The average molecular weight is 299 g/mol. The molecule has 1 N–H and O–H groups in total. The lowest BCUT2D eigenvalue weighted by atomic mass is 9.88. The van der Waals surface area contributed by atoms with Crippen LogP contribution >= 0.6 is 0 Å². The molecule has 1 aromatic rings. The molecule has 0 radical (unpaired) electrons. The summed E-state index contributed by atoms with van der Waals surface area (Å²) in [5.41, 5.74) is 2.22. The van der Waals surface area contributed by atoms with Gasteiger partial charge < -0.3 is 5.11 Å². The Morgan fingerprint density at radius 1 is 1.36 bits per heavy atom. The van der Waals surface area contributed by atoms with Crippen LogP contribution in [0, 0.1) is 30.1 Å². The highest BCUT2D eigenvalue weighted by molar-refractivity contribution is 5.80. The zero-order valence-corrected chi connectivity index (χ0v) is 12.8. The van der Waals surface area contributed by atoms with Crippen molar-refractivity contribution in [2.75, 3.05) is 0 Å². The van der Waals surface area contributed by atoms with Gasteiger partial charge in [0.05, 0.1) is 18.4 Å². The fourth-order valence-corrected chi connectivity index (χ4v) is 3.46. The second kappa shape index (κ2) is 7.22. The van der Waals surface area contributed by atoms with Gasteiger partial charge in [-0.25, -0.2) is 0 Å². The first kappa shape index (κ1) is 16.2. The molecule has 1 aliphatic rings. The van der Waals surface area contributed by atoms with Crippen LogP contribution in [-0.2, 0) is 9.59 Å². The number of ketones is 1. The SMILES string of the molecule is Cc1cccc(C2CC(CCC(=O)CC#N)CC2C(=O)O)c1. The molecule has 0 bridgehead atoms. The summed E-state index contributed by atoms with van der Waals surface area (Å²) in [6, 6.07) is 9.90. The van der Waals surface area contributed by atoms with Crippen LogP contribution in [-0.4, -0.2) is 16.9 Å². The molecule has 0 aromatic heterocycles. The monoisotopic (exact) mass is 299 g/mol. The summed E-state index contributed by atoms with van der Waals surface area (Å²) in [6.07, 6.45) is 2.45. The quantitative estimate of drug-likeness (QED) is 0.872. The standard InChI is InChI=1S/C18H21NO3/c1-12-3-2-4-14(9-12)16-10-13(11-17(16)18(21)22)5-6-15(20)7-8-19/h2-4,9,13,16-17H,5-7,10-11H2,1H3,(H,21,22). The Morgan fingerprint density at radius 3 is 2.77 bits per heavy atom. The van der Waals surface area contributed by atoms with Crippen LogP contribution in [0.2, 0.25) is 0 Å².